The van der Waals surface area contributed by atoms with Gasteiger partial charge in [-0.15, -0.1) is 0 Å². The van der Waals surface area contributed by atoms with Crippen LogP contribution in [-0.4, -0.2) is 20.9 Å². The van der Waals surface area contributed by atoms with Crippen molar-refractivity contribution in [2.45, 2.75) is 12.7 Å². The summed E-state index contributed by atoms with van der Waals surface area (Å²) >= 11 is 0. The molecule has 0 aromatic heterocycles. The van der Waals surface area contributed by atoms with Gasteiger partial charge in [0.05, 0.1) is 12.3 Å². The van der Waals surface area contributed by atoms with Crippen molar-refractivity contribution in [3.05, 3.63) is 65.5 Å². The molecular formula is C16H17FN2O3S. The van der Waals surface area contributed by atoms with Crippen LogP contribution in [0.5, 0.6) is 0 Å². The van der Waals surface area contributed by atoms with E-state index in [0.29, 0.717) is 5.56 Å². The minimum Gasteiger partial charge on any atom is -0.325 e. The lowest BCUT2D eigenvalue weighted by Crippen LogP contribution is -2.33. The van der Waals surface area contributed by atoms with E-state index in [1.54, 1.807) is 18.2 Å². The van der Waals surface area contributed by atoms with Crippen LogP contribution in [0.3, 0.4) is 0 Å². The molecule has 23 heavy (non-hydrogen) atoms. The van der Waals surface area contributed by atoms with Crippen molar-refractivity contribution in [3.8, 4) is 0 Å². The minimum atomic E-state index is -3.63. The highest BCUT2D eigenvalue weighted by Crippen LogP contribution is 2.09. The third kappa shape index (κ3) is 5.80. The van der Waals surface area contributed by atoms with Gasteiger partial charge in [-0.3, -0.25) is 4.79 Å². The van der Waals surface area contributed by atoms with Crippen molar-refractivity contribution >= 4 is 21.6 Å². The second kappa shape index (κ2) is 7.34. The Balaban J connectivity index is 1.90. The summed E-state index contributed by atoms with van der Waals surface area (Å²) in [6.07, 6.45) is 0. The number of hydrogen-bond acceptors (Lipinski definition) is 3. The van der Waals surface area contributed by atoms with Gasteiger partial charge in [-0.2, -0.15) is 0 Å². The lowest BCUT2D eigenvalue weighted by Gasteiger charge is -2.08. The molecule has 7 heteroatoms. The summed E-state index contributed by atoms with van der Waals surface area (Å²) in [4.78, 5) is 11.7. The smallest absolute Gasteiger partial charge is 0.239 e. The molecule has 122 valence electrons. The molecule has 2 aromatic carbocycles. The van der Waals surface area contributed by atoms with E-state index in [4.69, 9.17) is 0 Å². The van der Waals surface area contributed by atoms with Crippen LogP contribution in [0.4, 0.5) is 10.1 Å². The fourth-order valence-electron chi connectivity index (χ4n) is 2.02. The zero-order valence-electron chi connectivity index (χ0n) is 12.5. The number of hydrogen-bond donors (Lipinski definition) is 2. The maximum Gasteiger partial charge on any atom is 0.239 e. The quantitative estimate of drug-likeness (QED) is 0.849. The van der Waals surface area contributed by atoms with Crippen LogP contribution < -0.4 is 10.0 Å². The first-order valence-electron chi connectivity index (χ1n) is 6.92. The first-order valence-corrected chi connectivity index (χ1v) is 8.57. The molecule has 0 spiro atoms. The third-order valence-corrected chi connectivity index (χ3v) is 4.30. The van der Waals surface area contributed by atoms with Gasteiger partial charge >= 0.3 is 0 Å². The van der Waals surface area contributed by atoms with E-state index < -0.39 is 28.3 Å². The van der Waals surface area contributed by atoms with Crippen LogP contribution in [0, 0.1) is 12.7 Å². The molecule has 0 aliphatic heterocycles. The minimum absolute atomic E-state index is 0.206. The molecule has 0 heterocycles. The average Bonchev–Trinajstić information content (AvgIpc) is 2.45. The van der Waals surface area contributed by atoms with E-state index in [0.717, 1.165) is 11.6 Å². The number of carbonyl (C=O) groups is 1. The molecule has 0 radical (unpaired) electrons. The summed E-state index contributed by atoms with van der Waals surface area (Å²) in [5.41, 5.74) is 1.87. The van der Waals surface area contributed by atoms with Crippen molar-refractivity contribution < 1.29 is 17.6 Å². The summed E-state index contributed by atoms with van der Waals surface area (Å²) in [6.45, 7) is 1.46. The molecule has 1 amide bonds. The van der Waals surface area contributed by atoms with Crippen LogP contribution in [0.15, 0.2) is 48.5 Å². The van der Waals surface area contributed by atoms with E-state index in [9.17, 15) is 17.6 Å². The summed E-state index contributed by atoms with van der Waals surface area (Å²) < 4.78 is 39.2. The van der Waals surface area contributed by atoms with Crippen LogP contribution in [0.25, 0.3) is 0 Å². The predicted molar refractivity (Wildman–Crippen MR) is 86.8 cm³/mol. The molecule has 2 N–H and O–H groups in total. The number of amides is 1. The van der Waals surface area contributed by atoms with Gasteiger partial charge in [0.25, 0.3) is 0 Å². The zero-order chi connectivity index (χ0) is 16.9. The standard InChI is InChI=1S/C16H17FN2O3S/c1-12-4-2-5-13(8-12)11-23(21,22)18-10-16(20)19-15-7-3-6-14(17)9-15/h2-9,18H,10-11H2,1H3,(H,19,20). The zero-order valence-corrected chi connectivity index (χ0v) is 13.4. The number of nitrogens with one attached hydrogen (secondary N) is 2. The van der Waals surface area contributed by atoms with Crippen LogP contribution in [0.1, 0.15) is 11.1 Å². The monoisotopic (exact) mass is 336 g/mol. The van der Waals surface area contributed by atoms with E-state index in [1.165, 1.54) is 18.2 Å². The molecule has 5 nitrogen and oxygen atoms in total. The maximum atomic E-state index is 13.0. The Morgan fingerprint density at radius 3 is 2.57 bits per heavy atom. The highest BCUT2D eigenvalue weighted by Gasteiger charge is 2.13. The molecule has 0 atom stereocenters. The number of rotatable bonds is 6. The van der Waals surface area contributed by atoms with Crippen LogP contribution >= 0.6 is 0 Å². The normalized spacial score (nSPS) is 11.2. The van der Waals surface area contributed by atoms with Gasteiger partial charge in [0.2, 0.25) is 15.9 Å². The Kier molecular flexibility index (Phi) is 5.46. The second-order valence-corrected chi connectivity index (χ2v) is 6.93. The van der Waals surface area contributed by atoms with E-state index in [1.807, 2.05) is 13.0 Å². The largest absolute Gasteiger partial charge is 0.325 e. The SMILES string of the molecule is Cc1cccc(CS(=O)(=O)NCC(=O)Nc2cccc(F)c2)c1. The molecule has 0 fully saturated rings. The number of anilines is 1. The molecule has 0 saturated heterocycles. The highest BCUT2D eigenvalue weighted by molar-refractivity contribution is 7.88. The van der Waals surface area contributed by atoms with Gasteiger partial charge in [-0.1, -0.05) is 35.9 Å². The lowest BCUT2D eigenvalue weighted by atomic mass is 10.2. The second-order valence-electron chi connectivity index (χ2n) is 5.13. The Bertz CT molecular complexity index is 806. The number of halogens is 1. The summed E-state index contributed by atoms with van der Waals surface area (Å²) in [5.74, 6) is -1.26. The lowest BCUT2D eigenvalue weighted by molar-refractivity contribution is -0.115. The highest BCUT2D eigenvalue weighted by atomic mass is 32.2. The molecular weight excluding hydrogens is 319 g/mol. The number of benzene rings is 2. The molecule has 0 aliphatic rings. The maximum absolute atomic E-state index is 13.0. The third-order valence-electron chi connectivity index (χ3n) is 3.00. The number of carbonyl (C=O) groups excluding carboxylic acids is 1. The van der Waals surface area contributed by atoms with Crippen LogP contribution in [0.2, 0.25) is 0 Å². The first-order chi connectivity index (χ1) is 10.8. The fourth-order valence-corrected chi connectivity index (χ4v) is 3.09. The van der Waals surface area contributed by atoms with Gasteiger partial charge in [0, 0.05) is 5.69 Å². The fraction of sp³-hybridized carbons (Fsp3) is 0.188. The Labute approximate surface area is 134 Å². The van der Waals surface area contributed by atoms with E-state index in [-0.39, 0.29) is 11.4 Å². The Hall–Kier alpha value is -2.25. The number of aryl methyl sites for hydroxylation is 1. The molecule has 0 unspecified atom stereocenters. The number of sulfonamides is 1. The topological polar surface area (TPSA) is 75.3 Å². The van der Waals surface area contributed by atoms with Crippen molar-refractivity contribution in [3.63, 3.8) is 0 Å². The van der Waals surface area contributed by atoms with E-state index >= 15 is 0 Å². The summed E-state index contributed by atoms with van der Waals surface area (Å²) in [5, 5.41) is 2.42. The molecule has 0 saturated carbocycles. The molecule has 2 rings (SSSR count). The summed E-state index contributed by atoms with van der Waals surface area (Å²) in [7, 11) is -3.63. The molecule has 2 aromatic rings. The molecule has 0 bridgehead atoms. The molecule has 0 aliphatic carbocycles. The Morgan fingerprint density at radius 2 is 1.87 bits per heavy atom. The predicted octanol–water partition coefficient (Wildman–Crippen LogP) is 2.19. The Morgan fingerprint density at radius 1 is 1.13 bits per heavy atom. The summed E-state index contributed by atoms with van der Waals surface area (Å²) in [6, 6.07) is 12.5. The van der Waals surface area contributed by atoms with Crippen molar-refractivity contribution in [1.82, 2.24) is 4.72 Å². The van der Waals surface area contributed by atoms with Gasteiger partial charge in [-0.25, -0.2) is 17.5 Å². The van der Waals surface area contributed by atoms with Crippen molar-refractivity contribution in [1.29, 1.82) is 0 Å². The van der Waals surface area contributed by atoms with Crippen molar-refractivity contribution in [2.75, 3.05) is 11.9 Å². The van der Waals surface area contributed by atoms with Gasteiger partial charge in [-0.05, 0) is 30.7 Å². The van der Waals surface area contributed by atoms with Gasteiger partial charge in [0.15, 0.2) is 0 Å². The first kappa shape index (κ1) is 17.1. The van der Waals surface area contributed by atoms with Crippen molar-refractivity contribution in [2.24, 2.45) is 0 Å². The van der Waals surface area contributed by atoms with Gasteiger partial charge < -0.3 is 5.32 Å². The van der Waals surface area contributed by atoms with Crippen LogP contribution in [-0.2, 0) is 20.6 Å². The average molecular weight is 336 g/mol. The van der Waals surface area contributed by atoms with Gasteiger partial charge in [0.1, 0.15) is 5.82 Å². The van der Waals surface area contributed by atoms with E-state index in [2.05, 4.69) is 10.0 Å².